The SMILES string of the molecule is O=c1c2ccc(Br)cc2ncn1C1CNC1. The number of nitrogens with one attached hydrogen (secondary N) is 1. The highest BCUT2D eigenvalue weighted by Gasteiger charge is 2.20. The Balaban J connectivity index is 2.23. The molecule has 0 atom stereocenters. The highest BCUT2D eigenvalue weighted by molar-refractivity contribution is 9.10. The molecule has 0 radical (unpaired) electrons. The lowest BCUT2D eigenvalue weighted by molar-refractivity contribution is 0.334. The van der Waals surface area contributed by atoms with Gasteiger partial charge in [-0.1, -0.05) is 15.9 Å². The highest BCUT2D eigenvalue weighted by atomic mass is 79.9. The Bertz CT molecular complexity index is 604. The van der Waals surface area contributed by atoms with Gasteiger partial charge >= 0.3 is 0 Å². The molecule has 4 nitrogen and oxygen atoms in total. The average Bonchev–Trinajstić information content (AvgIpc) is 2.19. The maximum Gasteiger partial charge on any atom is 0.261 e. The van der Waals surface area contributed by atoms with E-state index in [0.29, 0.717) is 5.39 Å². The molecular weight excluding hydrogens is 270 g/mol. The van der Waals surface area contributed by atoms with Crippen molar-refractivity contribution in [3.8, 4) is 0 Å². The van der Waals surface area contributed by atoms with E-state index in [2.05, 4.69) is 26.2 Å². The lowest BCUT2D eigenvalue weighted by Gasteiger charge is -2.28. The third-order valence-electron chi connectivity index (χ3n) is 2.90. The lowest BCUT2D eigenvalue weighted by atomic mass is 10.1. The van der Waals surface area contributed by atoms with Crippen molar-refractivity contribution >= 4 is 26.8 Å². The summed E-state index contributed by atoms with van der Waals surface area (Å²) in [6, 6.07) is 5.81. The van der Waals surface area contributed by atoms with Crippen LogP contribution in [0.3, 0.4) is 0 Å². The van der Waals surface area contributed by atoms with Crippen molar-refractivity contribution in [2.75, 3.05) is 13.1 Å². The third-order valence-corrected chi connectivity index (χ3v) is 3.39. The van der Waals surface area contributed by atoms with Gasteiger partial charge in [0.2, 0.25) is 0 Å². The molecule has 1 fully saturated rings. The van der Waals surface area contributed by atoms with Gasteiger partial charge in [-0.05, 0) is 18.2 Å². The minimum Gasteiger partial charge on any atom is -0.313 e. The van der Waals surface area contributed by atoms with Crippen molar-refractivity contribution in [3.63, 3.8) is 0 Å². The number of nitrogens with zero attached hydrogens (tertiary/aromatic N) is 2. The Morgan fingerprint density at radius 1 is 1.44 bits per heavy atom. The predicted molar refractivity (Wildman–Crippen MR) is 65.6 cm³/mol. The summed E-state index contributed by atoms with van der Waals surface area (Å²) in [7, 11) is 0. The summed E-state index contributed by atoms with van der Waals surface area (Å²) < 4.78 is 2.65. The van der Waals surface area contributed by atoms with Crippen LogP contribution in [0.1, 0.15) is 6.04 Å². The Hall–Kier alpha value is -1.20. The molecule has 1 aromatic heterocycles. The number of hydrogen-bond acceptors (Lipinski definition) is 3. The van der Waals surface area contributed by atoms with Crippen LogP contribution in [-0.2, 0) is 0 Å². The van der Waals surface area contributed by atoms with Crippen molar-refractivity contribution in [1.29, 1.82) is 0 Å². The molecule has 3 rings (SSSR count). The Kier molecular flexibility index (Phi) is 2.29. The van der Waals surface area contributed by atoms with Crippen LogP contribution in [0.2, 0.25) is 0 Å². The van der Waals surface area contributed by atoms with Crippen LogP contribution < -0.4 is 10.9 Å². The second-order valence-electron chi connectivity index (χ2n) is 3.93. The number of hydrogen-bond donors (Lipinski definition) is 1. The van der Waals surface area contributed by atoms with Gasteiger partial charge in [0.1, 0.15) is 0 Å². The van der Waals surface area contributed by atoms with Gasteiger partial charge in [-0.25, -0.2) is 4.98 Å². The Labute approximate surface area is 100 Å². The second-order valence-corrected chi connectivity index (χ2v) is 4.85. The molecule has 82 valence electrons. The van der Waals surface area contributed by atoms with Gasteiger partial charge in [-0.2, -0.15) is 0 Å². The van der Waals surface area contributed by atoms with E-state index in [9.17, 15) is 4.79 Å². The Morgan fingerprint density at radius 2 is 2.25 bits per heavy atom. The molecule has 16 heavy (non-hydrogen) atoms. The maximum atomic E-state index is 12.2. The van der Waals surface area contributed by atoms with E-state index >= 15 is 0 Å². The zero-order chi connectivity index (χ0) is 11.1. The quantitative estimate of drug-likeness (QED) is 0.856. The molecule has 0 saturated carbocycles. The van der Waals surface area contributed by atoms with E-state index < -0.39 is 0 Å². The van der Waals surface area contributed by atoms with Crippen LogP contribution in [0.25, 0.3) is 10.9 Å². The molecule has 0 unspecified atom stereocenters. The number of halogens is 1. The molecule has 1 N–H and O–H groups in total. The minimum atomic E-state index is 0.0454. The predicted octanol–water partition coefficient (Wildman–Crippen LogP) is 1.30. The lowest BCUT2D eigenvalue weighted by Crippen LogP contribution is -2.46. The van der Waals surface area contributed by atoms with Crippen molar-refractivity contribution in [2.24, 2.45) is 0 Å². The molecule has 1 saturated heterocycles. The van der Waals surface area contributed by atoms with Gasteiger partial charge in [-0.15, -0.1) is 0 Å². The summed E-state index contributed by atoms with van der Waals surface area (Å²) in [5, 5.41) is 3.83. The fraction of sp³-hybridized carbons (Fsp3) is 0.273. The fourth-order valence-electron chi connectivity index (χ4n) is 1.84. The van der Waals surface area contributed by atoms with E-state index in [1.165, 1.54) is 0 Å². The van der Waals surface area contributed by atoms with Gasteiger partial charge in [0, 0.05) is 17.6 Å². The van der Waals surface area contributed by atoms with E-state index in [4.69, 9.17) is 0 Å². The molecule has 0 amide bonds. The second kappa shape index (κ2) is 3.68. The number of fused-ring (bicyclic) bond motifs is 1. The summed E-state index contributed by atoms with van der Waals surface area (Å²) in [6.07, 6.45) is 1.64. The van der Waals surface area contributed by atoms with Gasteiger partial charge in [0.05, 0.1) is 23.3 Å². The first-order chi connectivity index (χ1) is 7.75. The first-order valence-corrected chi connectivity index (χ1v) is 5.92. The van der Waals surface area contributed by atoms with Crippen molar-refractivity contribution in [3.05, 3.63) is 39.4 Å². The van der Waals surface area contributed by atoms with Crippen LogP contribution in [0, 0.1) is 0 Å². The molecule has 2 heterocycles. The molecule has 5 heteroatoms. The molecule has 0 aliphatic carbocycles. The highest BCUT2D eigenvalue weighted by Crippen LogP contribution is 2.16. The number of benzene rings is 1. The summed E-state index contributed by atoms with van der Waals surface area (Å²) in [4.78, 5) is 16.5. The summed E-state index contributed by atoms with van der Waals surface area (Å²) in [5.74, 6) is 0. The average molecular weight is 280 g/mol. The molecule has 1 aliphatic rings. The van der Waals surface area contributed by atoms with Crippen molar-refractivity contribution < 1.29 is 0 Å². The smallest absolute Gasteiger partial charge is 0.261 e. The van der Waals surface area contributed by atoms with Crippen LogP contribution in [0.5, 0.6) is 0 Å². The van der Waals surface area contributed by atoms with Gasteiger partial charge < -0.3 is 5.32 Å². The summed E-state index contributed by atoms with van der Waals surface area (Å²) in [5.41, 5.74) is 0.784. The first-order valence-electron chi connectivity index (χ1n) is 5.13. The molecule has 1 aromatic carbocycles. The van der Waals surface area contributed by atoms with E-state index in [1.54, 1.807) is 10.9 Å². The van der Waals surface area contributed by atoms with E-state index in [0.717, 1.165) is 23.1 Å². The third kappa shape index (κ3) is 1.47. The van der Waals surface area contributed by atoms with Gasteiger partial charge in [0.25, 0.3) is 5.56 Å². The zero-order valence-corrected chi connectivity index (χ0v) is 10.1. The minimum absolute atomic E-state index is 0.0454. The topological polar surface area (TPSA) is 46.9 Å². The summed E-state index contributed by atoms with van der Waals surface area (Å²) >= 11 is 3.37. The Morgan fingerprint density at radius 3 is 2.94 bits per heavy atom. The zero-order valence-electron chi connectivity index (χ0n) is 8.48. The van der Waals surface area contributed by atoms with Crippen LogP contribution in [-0.4, -0.2) is 22.6 Å². The van der Waals surface area contributed by atoms with Crippen LogP contribution in [0.15, 0.2) is 33.8 Å². The van der Waals surface area contributed by atoms with Crippen LogP contribution in [0.4, 0.5) is 0 Å². The number of rotatable bonds is 1. The molecule has 0 bridgehead atoms. The maximum absolute atomic E-state index is 12.2. The first kappa shape index (κ1) is 9.99. The normalized spacial score (nSPS) is 16.3. The van der Waals surface area contributed by atoms with E-state index in [-0.39, 0.29) is 11.6 Å². The fourth-order valence-corrected chi connectivity index (χ4v) is 2.19. The largest absolute Gasteiger partial charge is 0.313 e. The monoisotopic (exact) mass is 279 g/mol. The standard InChI is InChI=1S/C11H10BrN3O/c12-7-1-2-9-10(3-7)14-6-15(11(9)16)8-4-13-5-8/h1-3,6,8,13H,4-5H2. The van der Waals surface area contributed by atoms with Gasteiger partial charge in [-0.3, -0.25) is 9.36 Å². The number of aromatic nitrogens is 2. The van der Waals surface area contributed by atoms with Gasteiger partial charge in [0.15, 0.2) is 0 Å². The van der Waals surface area contributed by atoms with E-state index in [1.807, 2.05) is 18.2 Å². The van der Waals surface area contributed by atoms with Crippen molar-refractivity contribution in [1.82, 2.24) is 14.9 Å². The molecular formula is C11H10BrN3O. The molecule has 0 spiro atoms. The van der Waals surface area contributed by atoms with Crippen LogP contribution >= 0.6 is 15.9 Å². The van der Waals surface area contributed by atoms with Crippen molar-refractivity contribution in [2.45, 2.75) is 6.04 Å². The molecule has 1 aliphatic heterocycles. The summed E-state index contributed by atoms with van der Waals surface area (Å²) in [6.45, 7) is 1.70. The molecule has 2 aromatic rings.